The van der Waals surface area contributed by atoms with Gasteiger partial charge in [0.1, 0.15) is 18.1 Å². The van der Waals surface area contributed by atoms with Crippen LogP contribution in [0, 0.1) is 5.82 Å². The van der Waals surface area contributed by atoms with E-state index < -0.39 is 28.3 Å². The van der Waals surface area contributed by atoms with Gasteiger partial charge in [-0.05, 0) is 48.0 Å². The number of carbonyl (C=O) groups excluding carboxylic acids is 1. The van der Waals surface area contributed by atoms with Gasteiger partial charge >= 0.3 is 0 Å². The Labute approximate surface area is 203 Å². The molecule has 4 rings (SSSR count). The van der Waals surface area contributed by atoms with Crippen LogP contribution in [0.4, 0.5) is 15.8 Å². The average Bonchev–Trinajstić information content (AvgIpc) is 2.88. The quantitative estimate of drug-likeness (QED) is 0.362. The molecule has 0 aliphatic rings. The Morgan fingerprint density at radius 2 is 1.49 bits per heavy atom. The van der Waals surface area contributed by atoms with E-state index in [0.29, 0.717) is 11.4 Å². The van der Waals surface area contributed by atoms with Gasteiger partial charge in [0, 0.05) is 11.3 Å². The maximum absolute atomic E-state index is 14.7. The summed E-state index contributed by atoms with van der Waals surface area (Å²) in [6.07, 6.45) is 0. The van der Waals surface area contributed by atoms with Crippen LogP contribution in [0.1, 0.15) is 0 Å². The number of anilines is 2. The lowest BCUT2D eigenvalue weighted by Gasteiger charge is -2.25. The number of hydrogen-bond donors (Lipinski definition) is 1. The van der Waals surface area contributed by atoms with Crippen LogP contribution in [0.5, 0.6) is 5.75 Å². The second-order valence-corrected chi connectivity index (χ2v) is 9.46. The molecule has 0 aliphatic carbocycles. The first-order valence-electron chi connectivity index (χ1n) is 10.8. The number of benzene rings is 4. The Balaban J connectivity index is 1.67. The fraction of sp³-hybridized carbons (Fsp3) is 0.0741. The van der Waals surface area contributed by atoms with E-state index in [9.17, 15) is 17.6 Å². The number of hydrogen-bond acceptors (Lipinski definition) is 4. The number of nitrogens with one attached hydrogen (secondary N) is 1. The summed E-state index contributed by atoms with van der Waals surface area (Å²) in [7, 11) is -2.81. The average molecular weight is 491 g/mol. The highest BCUT2D eigenvalue weighted by Crippen LogP contribution is 2.29. The molecule has 4 aromatic carbocycles. The fourth-order valence-electron chi connectivity index (χ4n) is 3.61. The third kappa shape index (κ3) is 5.33. The van der Waals surface area contributed by atoms with E-state index in [0.717, 1.165) is 21.5 Å². The molecule has 178 valence electrons. The first kappa shape index (κ1) is 24.0. The molecule has 0 unspecified atom stereocenters. The number of para-hydroxylation sites is 2. The topological polar surface area (TPSA) is 75.7 Å². The lowest BCUT2D eigenvalue weighted by Crippen LogP contribution is -2.38. The van der Waals surface area contributed by atoms with Crippen molar-refractivity contribution < 1.29 is 22.3 Å². The van der Waals surface area contributed by atoms with Crippen LogP contribution in [-0.4, -0.2) is 28.0 Å². The summed E-state index contributed by atoms with van der Waals surface area (Å²) in [6, 6.07) is 27.8. The Hall–Kier alpha value is -4.17. The summed E-state index contributed by atoms with van der Waals surface area (Å²) in [5.74, 6) is -0.910. The van der Waals surface area contributed by atoms with Crippen molar-refractivity contribution in [1.29, 1.82) is 0 Å². The van der Waals surface area contributed by atoms with Gasteiger partial charge in [-0.15, -0.1) is 0 Å². The first-order chi connectivity index (χ1) is 16.9. The fourth-order valence-corrected chi connectivity index (χ4v) is 5.04. The smallest absolute Gasteiger partial charge is 0.264 e. The molecule has 0 saturated carbocycles. The van der Waals surface area contributed by atoms with Gasteiger partial charge in [-0.1, -0.05) is 60.7 Å². The molecule has 0 fully saturated rings. The number of methoxy groups -OCH3 is 1. The van der Waals surface area contributed by atoms with Crippen molar-refractivity contribution in [2.45, 2.75) is 4.90 Å². The molecular weight excluding hydrogens is 467 g/mol. The van der Waals surface area contributed by atoms with Crippen LogP contribution in [0.2, 0.25) is 0 Å². The van der Waals surface area contributed by atoms with Crippen LogP contribution in [0.3, 0.4) is 0 Å². The minimum atomic E-state index is -4.27. The van der Waals surface area contributed by atoms with E-state index in [4.69, 9.17) is 4.74 Å². The van der Waals surface area contributed by atoms with Crippen molar-refractivity contribution in [2.24, 2.45) is 0 Å². The van der Waals surface area contributed by atoms with Gasteiger partial charge in [-0.2, -0.15) is 0 Å². The van der Waals surface area contributed by atoms with Crippen molar-refractivity contribution in [3.05, 3.63) is 109 Å². The highest BCUT2D eigenvalue weighted by Gasteiger charge is 2.29. The van der Waals surface area contributed by atoms with E-state index in [1.165, 1.54) is 49.6 Å². The largest absolute Gasteiger partial charge is 0.497 e. The molecule has 0 aromatic heterocycles. The second kappa shape index (κ2) is 10.4. The number of amides is 1. The van der Waals surface area contributed by atoms with Gasteiger partial charge in [0.2, 0.25) is 5.91 Å². The van der Waals surface area contributed by atoms with Crippen LogP contribution in [0.25, 0.3) is 11.1 Å². The molecule has 1 N–H and O–H groups in total. The summed E-state index contributed by atoms with van der Waals surface area (Å²) in [6.45, 7) is -0.627. The van der Waals surface area contributed by atoms with E-state index >= 15 is 0 Å². The number of halogens is 1. The van der Waals surface area contributed by atoms with Gasteiger partial charge in [-0.3, -0.25) is 9.10 Å². The lowest BCUT2D eigenvalue weighted by atomic mass is 10.0. The van der Waals surface area contributed by atoms with Crippen molar-refractivity contribution in [3.8, 4) is 16.9 Å². The Morgan fingerprint density at radius 1 is 0.857 bits per heavy atom. The maximum atomic E-state index is 14.7. The van der Waals surface area contributed by atoms with E-state index in [1.807, 2.05) is 42.5 Å². The number of nitrogens with zero attached hydrogens (tertiary/aromatic N) is 1. The lowest BCUT2D eigenvalue weighted by molar-refractivity contribution is -0.114. The SMILES string of the molecule is COc1ccc(S(=O)(=O)N(CC(=O)Nc2ccccc2-c2ccccc2)c2ccccc2F)cc1. The van der Waals surface area contributed by atoms with Crippen LogP contribution in [-0.2, 0) is 14.8 Å². The second-order valence-electron chi connectivity index (χ2n) is 7.60. The molecule has 0 heterocycles. The number of ether oxygens (including phenoxy) is 1. The number of carbonyl (C=O) groups is 1. The van der Waals surface area contributed by atoms with E-state index in [2.05, 4.69) is 5.32 Å². The van der Waals surface area contributed by atoms with E-state index in [-0.39, 0.29) is 10.6 Å². The number of rotatable bonds is 8. The van der Waals surface area contributed by atoms with Gasteiger partial charge in [0.15, 0.2) is 0 Å². The molecule has 8 heteroatoms. The van der Waals surface area contributed by atoms with E-state index in [1.54, 1.807) is 12.1 Å². The zero-order chi connectivity index (χ0) is 24.8. The van der Waals surface area contributed by atoms with Crippen molar-refractivity contribution in [3.63, 3.8) is 0 Å². The van der Waals surface area contributed by atoms with Gasteiger partial charge < -0.3 is 10.1 Å². The highest BCUT2D eigenvalue weighted by atomic mass is 32.2. The molecule has 35 heavy (non-hydrogen) atoms. The van der Waals surface area contributed by atoms with Gasteiger partial charge in [-0.25, -0.2) is 12.8 Å². The van der Waals surface area contributed by atoms with Gasteiger partial charge in [0.05, 0.1) is 17.7 Å². The van der Waals surface area contributed by atoms with Crippen molar-refractivity contribution >= 4 is 27.3 Å². The summed E-state index contributed by atoms with van der Waals surface area (Å²) < 4.78 is 47.6. The molecular formula is C27H23FN2O4S. The predicted molar refractivity (Wildman–Crippen MR) is 134 cm³/mol. The zero-order valence-corrected chi connectivity index (χ0v) is 19.7. The van der Waals surface area contributed by atoms with Crippen molar-refractivity contribution in [2.75, 3.05) is 23.3 Å². The standard InChI is InChI=1S/C27H23FN2O4S/c1-34-21-15-17-22(18-16-21)35(32,33)30(26-14-8-6-12-24(26)28)19-27(31)29-25-13-7-5-11-23(25)20-9-3-2-4-10-20/h2-18H,19H2,1H3,(H,29,31). The normalized spacial score (nSPS) is 11.0. The molecule has 0 radical (unpaired) electrons. The summed E-state index contributed by atoms with van der Waals surface area (Å²) in [5.41, 5.74) is 1.95. The van der Waals surface area contributed by atoms with Crippen LogP contribution in [0.15, 0.2) is 108 Å². The molecule has 4 aromatic rings. The molecule has 0 bridgehead atoms. The molecule has 0 saturated heterocycles. The highest BCUT2D eigenvalue weighted by molar-refractivity contribution is 7.92. The van der Waals surface area contributed by atoms with Crippen LogP contribution >= 0.6 is 0 Å². The molecule has 0 aliphatic heterocycles. The van der Waals surface area contributed by atoms with Crippen molar-refractivity contribution in [1.82, 2.24) is 0 Å². The third-order valence-corrected chi connectivity index (χ3v) is 7.12. The Bertz CT molecular complexity index is 1430. The van der Waals surface area contributed by atoms with Crippen LogP contribution < -0.4 is 14.4 Å². The summed E-state index contributed by atoms with van der Waals surface area (Å²) in [4.78, 5) is 13.0. The monoisotopic (exact) mass is 490 g/mol. The first-order valence-corrected chi connectivity index (χ1v) is 12.2. The molecule has 1 amide bonds. The predicted octanol–water partition coefficient (Wildman–Crippen LogP) is 5.34. The molecule has 0 atom stereocenters. The Kier molecular flexibility index (Phi) is 7.12. The van der Waals surface area contributed by atoms with Gasteiger partial charge in [0.25, 0.3) is 10.0 Å². The zero-order valence-electron chi connectivity index (χ0n) is 18.9. The Morgan fingerprint density at radius 3 is 2.17 bits per heavy atom. The third-order valence-electron chi connectivity index (χ3n) is 5.34. The molecule has 6 nitrogen and oxygen atoms in total. The minimum Gasteiger partial charge on any atom is -0.497 e. The summed E-state index contributed by atoms with van der Waals surface area (Å²) in [5, 5.41) is 2.78. The summed E-state index contributed by atoms with van der Waals surface area (Å²) >= 11 is 0. The number of sulfonamides is 1. The maximum Gasteiger partial charge on any atom is 0.264 e. The minimum absolute atomic E-state index is 0.0981. The molecule has 0 spiro atoms.